The molecule has 0 aliphatic carbocycles. The number of hydrogen-bond donors (Lipinski definition) is 0. The van der Waals surface area contributed by atoms with Crippen LogP contribution in [0.5, 0.6) is 0 Å². The van der Waals surface area contributed by atoms with E-state index in [1.165, 1.54) is 0 Å². The molecular weight excluding hydrogens is 513 g/mol. The van der Waals surface area contributed by atoms with E-state index in [0.717, 1.165) is 0 Å². The average molecular weight is 513 g/mol. The molecule has 3 radical (unpaired) electrons. The Morgan fingerprint density at radius 2 is 1.17 bits per heavy atom. The predicted molar refractivity (Wildman–Crippen MR) is 7.13 cm³/mol. The molecule has 2 nitrogen and oxygen atoms in total. The Balaban J connectivity index is -0.00000000500. The molecule has 0 unspecified atom stereocenters. The van der Waals surface area contributed by atoms with Gasteiger partial charge in [-0.25, -0.2) is 0 Å². The Bertz CT molecular complexity index is 15.5. The van der Waals surface area contributed by atoms with Gasteiger partial charge in [0.1, 0.15) is 0 Å². The molecule has 0 aliphatic rings. The van der Waals surface area contributed by atoms with Crippen LogP contribution in [0.4, 0.5) is 0 Å². The molecule has 6 heteroatoms. The van der Waals surface area contributed by atoms with Crippen molar-refractivity contribution >= 4 is 22.5 Å². The maximum absolute atomic E-state index is 8.34. The zero-order valence-corrected chi connectivity index (χ0v) is 10.0. The van der Waals surface area contributed by atoms with Crippen molar-refractivity contribution in [3.63, 3.8) is 0 Å². The molecule has 6 heavy (non-hydrogen) atoms. The topological polar surface area (TPSA) is 34.1 Å². The third-order valence-corrected chi connectivity index (χ3v) is 0. The van der Waals surface area contributed by atoms with Gasteiger partial charge in [0.2, 0.25) is 0 Å². The molecule has 0 spiro atoms. The summed E-state index contributed by atoms with van der Waals surface area (Å²) in [5, 5.41) is 0. The molecule has 0 atom stereocenters. The van der Waals surface area contributed by atoms with E-state index in [0.29, 0.717) is 22.5 Å². The van der Waals surface area contributed by atoms with E-state index in [9.17, 15) is 0 Å². The summed E-state index contributed by atoms with van der Waals surface area (Å²) in [6.07, 6.45) is 0. The van der Waals surface area contributed by atoms with Crippen molar-refractivity contribution in [2.24, 2.45) is 0 Å². The normalized spacial score (nSPS) is 1.67. The summed E-state index contributed by atoms with van der Waals surface area (Å²) >= 11 is 3.24. The Hall–Kier alpha value is 2.23. The fourth-order valence-electron chi connectivity index (χ4n) is 0. The molecule has 0 aliphatic heterocycles. The summed E-state index contributed by atoms with van der Waals surface area (Å²) in [6.45, 7) is 0. The molecule has 0 aromatic heterocycles. The third-order valence-electron chi connectivity index (χ3n) is 0. The minimum atomic E-state index is 0. The van der Waals surface area contributed by atoms with Gasteiger partial charge in [-0.15, -0.1) is 0 Å². The summed E-state index contributed by atoms with van der Waals surface area (Å²) in [6, 6.07) is 0. The molecule has 46 valence electrons. The van der Waals surface area contributed by atoms with Crippen molar-refractivity contribution in [1.29, 1.82) is 0 Å². The molecule has 0 saturated heterocycles. The second kappa shape index (κ2) is 56.4. The molecule has 0 aromatic carbocycles. The van der Waals surface area contributed by atoms with Gasteiger partial charge in [-0.2, -0.15) is 0 Å². The van der Waals surface area contributed by atoms with Crippen LogP contribution < -0.4 is 0 Å². The molecule has 0 aromatic rings. The van der Waals surface area contributed by atoms with Gasteiger partial charge < -0.3 is 0 Å². The van der Waals surface area contributed by atoms with Crippen molar-refractivity contribution in [2.75, 3.05) is 0 Å². The minimum Gasteiger partial charge on any atom is 0 e. The largest absolute Gasteiger partial charge is 0 e. The summed E-state index contributed by atoms with van der Waals surface area (Å²) in [5.41, 5.74) is 0. The van der Waals surface area contributed by atoms with E-state index in [2.05, 4.69) is 15.9 Å². The first-order valence-corrected chi connectivity index (χ1v) is 1.88. The zero-order chi connectivity index (χ0) is 4.00. The Morgan fingerprint density at radius 1 is 1.17 bits per heavy atom. The molecule has 0 saturated carbocycles. The Morgan fingerprint density at radius 3 is 1.17 bits per heavy atom. The van der Waals surface area contributed by atoms with Gasteiger partial charge in [-0.3, -0.25) is 0 Å². The van der Waals surface area contributed by atoms with Crippen LogP contribution in [0.1, 0.15) is 0 Å². The van der Waals surface area contributed by atoms with Crippen LogP contribution in [0, 0.1) is 0 Å². The summed E-state index contributed by atoms with van der Waals surface area (Å²) in [4.78, 5) is 0. The fraction of sp³-hybridized carbons (Fsp3) is 0. The van der Waals surface area contributed by atoms with Crippen LogP contribution in [-0.2, 0) is 63.4 Å². The molecular formula is CuIrO2PdSn. The molecule has 0 amide bonds. The van der Waals surface area contributed by atoms with Gasteiger partial charge in [0.25, 0.3) is 0 Å². The van der Waals surface area contributed by atoms with Crippen molar-refractivity contribution in [3.05, 3.63) is 0 Å². The van der Waals surface area contributed by atoms with Gasteiger partial charge >= 0.3 is 45.4 Å². The summed E-state index contributed by atoms with van der Waals surface area (Å²) in [5.74, 6) is 0. The Labute approximate surface area is 84.7 Å². The monoisotopic (exact) mass is 514 g/mol. The third kappa shape index (κ3) is 34.3. The van der Waals surface area contributed by atoms with E-state index >= 15 is 0 Å². The first kappa shape index (κ1) is 24.0. The predicted octanol–water partition coefficient (Wildman–Crippen LogP) is -0.626. The summed E-state index contributed by atoms with van der Waals surface area (Å²) < 4.78 is 16.2. The molecule has 0 bridgehead atoms. The minimum absolute atomic E-state index is 0. The van der Waals surface area contributed by atoms with Gasteiger partial charge in [0.05, 0.1) is 0 Å². The SMILES string of the molecule is [Ir].[O]=[Cu].[O]=[Sn].[Pd]. The second-order valence-corrected chi connectivity index (χ2v) is 0. The van der Waals surface area contributed by atoms with Gasteiger partial charge in [-0.1, -0.05) is 0 Å². The smallest absolute Gasteiger partial charge is 0 e. The van der Waals surface area contributed by atoms with Crippen LogP contribution in [0.3, 0.4) is 0 Å². The van der Waals surface area contributed by atoms with Crippen molar-refractivity contribution in [2.45, 2.75) is 0 Å². The van der Waals surface area contributed by atoms with Gasteiger partial charge in [0, 0.05) is 40.5 Å². The Kier molecular flexibility index (Phi) is 226. The van der Waals surface area contributed by atoms with Crippen LogP contribution in [-0.4, -0.2) is 22.5 Å². The van der Waals surface area contributed by atoms with Crippen molar-refractivity contribution in [1.82, 2.24) is 0 Å². The standard InChI is InChI=1S/Cu.Ir.2O.Pd.Sn. The quantitative estimate of drug-likeness (QED) is 0.405. The van der Waals surface area contributed by atoms with Crippen LogP contribution in [0.2, 0.25) is 0 Å². The molecule has 0 fully saturated rings. The van der Waals surface area contributed by atoms with E-state index in [1.807, 2.05) is 0 Å². The fourth-order valence-corrected chi connectivity index (χ4v) is 0. The van der Waals surface area contributed by atoms with Crippen LogP contribution in [0.15, 0.2) is 0 Å². The number of hydrogen-bond acceptors (Lipinski definition) is 2. The van der Waals surface area contributed by atoms with Crippen LogP contribution in [0.25, 0.3) is 0 Å². The van der Waals surface area contributed by atoms with Gasteiger partial charge in [-0.05, 0) is 0 Å². The zero-order valence-electron chi connectivity index (χ0n) is 2.27. The van der Waals surface area contributed by atoms with E-state index in [4.69, 9.17) is 6.91 Å². The van der Waals surface area contributed by atoms with E-state index in [1.54, 1.807) is 0 Å². The first-order valence-electron chi connectivity index (χ1n) is 0.327. The average Bonchev–Trinajstić information content (AvgIpc) is 1.50. The molecule has 0 rings (SSSR count). The molecule has 0 N–H and O–H groups in total. The van der Waals surface area contributed by atoms with Crippen molar-refractivity contribution < 1.29 is 63.4 Å². The maximum atomic E-state index is 8.34. The van der Waals surface area contributed by atoms with E-state index in [-0.39, 0.29) is 40.5 Å². The van der Waals surface area contributed by atoms with Crippen molar-refractivity contribution in [3.8, 4) is 0 Å². The van der Waals surface area contributed by atoms with E-state index < -0.39 is 0 Å². The molecule has 0 heterocycles. The summed E-state index contributed by atoms with van der Waals surface area (Å²) in [7, 11) is 0. The number of rotatable bonds is 0. The van der Waals surface area contributed by atoms with Gasteiger partial charge in [0.15, 0.2) is 0 Å². The maximum Gasteiger partial charge on any atom is 0 e. The van der Waals surface area contributed by atoms with Crippen LogP contribution >= 0.6 is 0 Å². The second-order valence-electron chi connectivity index (χ2n) is 0. The first-order chi connectivity index (χ1) is 2.00.